The molecule has 0 aromatic heterocycles. The van der Waals surface area contributed by atoms with Gasteiger partial charge in [0.1, 0.15) is 11.6 Å². The molecule has 0 bridgehead atoms. The number of carbonyl (C=O) groups excluding carboxylic acids is 3. The van der Waals surface area contributed by atoms with E-state index in [2.05, 4.69) is 15.5 Å². The zero-order valence-electron chi connectivity index (χ0n) is 20.4. The van der Waals surface area contributed by atoms with Gasteiger partial charge in [0, 0.05) is 43.0 Å². The molecule has 0 saturated heterocycles. The Bertz CT molecular complexity index is 762. The zero-order chi connectivity index (χ0) is 24.6. The summed E-state index contributed by atoms with van der Waals surface area (Å²) < 4.78 is 0. The average molecular weight is 460 g/mol. The van der Waals surface area contributed by atoms with E-state index >= 15 is 0 Å². The molecular formula is C25H41N5O3. The Morgan fingerprint density at radius 2 is 1.61 bits per heavy atom. The van der Waals surface area contributed by atoms with E-state index in [4.69, 9.17) is 11.1 Å². The average Bonchev–Trinajstić information content (AvgIpc) is 2.77. The fourth-order valence-corrected chi connectivity index (χ4v) is 3.50. The number of nitrogens with zero attached hydrogens (tertiary/aromatic N) is 1. The molecule has 5 N–H and O–H groups in total. The second-order valence-electron chi connectivity index (χ2n) is 8.74. The van der Waals surface area contributed by atoms with Gasteiger partial charge < -0.3 is 21.3 Å². The quantitative estimate of drug-likeness (QED) is 0.161. The van der Waals surface area contributed by atoms with Gasteiger partial charge in [-0.2, -0.15) is 0 Å². The van der Waals surface area contributed by atoms with E-state index in [0.717, 1.165) is 45.1 Å². The number of hydrogen-bond donors (Lipinski definition) is 4. The fourth-order valence-electron chi connectivity index (χ4n) is 3.50. The number of amides is 2. The van der Waals surface area contributed by atoms with Gasteiger partial charge in [0.15, 0.2) is 0 Å². The van der Waals surface area contributed by atoms with E-state index in [-0.39, 0.29) is 42.3 Å². The van der Waals surface area contributed by atoms with E-state index in [9.17, 15) is 14.4 Å². The van der Waals surface area contributed by atoms with Gasteiger partial charge in [-0.25, -0.2) is 0 Å². The Labute approximate surface area is 198 Å². The standard InChI is InChI=1S/C25H41N5O3/c1-4-23(32)28-20(10-8-18-30(2)3)9-6-5-7-11-22(31)16-17-24(33)29-21-14-12-19(13-15-21)25(26)27/h12-15,20H,4-11,16-18H2,1-3H3,(H3,26,27)(H,28,32)(H,29,33). The van der Waals surface area contributed by atoms with Crippen molar-refractivity contribution in [1.29, 1.82) is 5.41 Å². The van der Waals surface area contributed by atoms with Crippen LogP contribution in [0.3, 0.4) is 0 Å². The Kier molecular flexibility index (Phi) is 13.7. The topological polar surface area (TPSA) is 128 Å². The van der Waals surface area contributed by atoms with Crippen molar-refractivity contribution in [3.05, 3.63) is 29.8 Å². The Morgan fingerprint density at radius 1 is 0.939 bits per heavy atom. The molecule has 8 heteroatoms. The number of nitrogen functional groups attached to an aromatic ring is 1. The smallest absolute Gasteiger partial charge is 0.224 e. The summed E-state index contributed by atoms with van der Waals surface area (Å²) in [6, 6.07) is 6.91. The summed E-state index contributed by atoms with van der Waals surface area (Å²) in [7, 11) is 4.10. The van der Waals surface area contributed by atoms with E-state index in [1.807, 2.05) is 21.0 Å². The molecule has 0 saturated carbocycles. The number of benzene rings is 1. The maximum Gasteiger partial charge on any atom is 0.224 e. The largest absolute Gasteiger partial charge is 0.384 e. The Balaban J connectivity index is 2.23. The summed E-state index contributed by atoms with van der Waals surface area (Å²) in [6.45, 7) is 2.87. The third kappa shape index (κ3) is 13.4. The second kappa shape index (κ2) is 16.0. The van der Waals surface area contributed by atoms with Crippen LogP contribution in [0.2, 0.25) is 0 Å². The van der Waals surface area contributed by atoms with Crippen molar-refractivity contribution in [2.75, 3.05) is 26.0 Å². The molecule has 0 aliphatic carbocycles. The van der Waals surface area contributed by atoms with Crippen LogP contribution in [0.5, 0.6) is 0 Å². The number of rotatable bonds is 17. The molecule has 0 aliphatic heterocycles. The van der Waals surface area contributed by atoms with Crippen LogP contribution in [0.15, 0.2) is 24.3 Å². The minimum atomic E-state index is -0.203. The number of unbranched alkanes of at least 4 members (excludes halogenated alkanes) is 2. The summed E-state index contributed by atoms with van der Waals surface area (Å²) >= 11 is 0. The van der Waals surface area contributed by atoms with Gasteiger partial charge in [0.2, 0.25) is 11.8 Å². The highest BCUT2D eigenvalue weighted by atomic mass is 16.2. The maximum absolute atomic E-state index is 12.1. The summed E-state index contributed by atoms with van der Waals surface area (Å²) in [4.78, 5) is 38.1. The van der Waals surface area contributed by atoms with E-state index in [1.54, 1.807) is 24.3 Å². The van der Waals surface area contributed by atoms with Gasteiger partial charge in [-0.15, -0.1) is 0 Å². The highest BCUT2D eigenvalue weighted by Crippen LogP contribution is 2.13. The molecule has 2 amide bonds. The lowest BCUT2D eigenvalue weighted by Gasteiger charge is -2.19. The number of ketones is 1. The zero-order valence-corrected chi connectivity index (χ0v) is 20.4. The molecular weight excluding hydrogens is 418 g/mol. The first-order valence-electron chi connectivity index (χ1n) is 11.9. The number of hydrogen-bond acceptors (Lipinski definition) is 5. The molecule has 0 fully saturated rings. The van der Waals surface area contributed by atoms with Gasteiger partial charge in [-0.05, 0) is 70.6 Å². The van der Waals surface area contributed by atoms with Crippen molar-refractivity contribution in [2.24, 2.45) is 5.73 Å². The predicted molar refractivity (Wildman–Crippen MR) is 133 cm³/mol. The van der Waals surface area contributed by atoms with Crippen LogP contribution >= 0.6 is 0 Å². The maximum atomic E-state index is 12.1. The van der Waals surface area contributed by atoms with Crippen LogP contribution in [-0.2, 0) is 14.4 Å². The highest BCUT2D eigenvalue weighted by molar-refractivity contribution is 5.96. The number of anilines is 1. The predicted octanol–water partition coefficient (Wildman–Crippen LogP) is 3.45. The van der Waals surface area contributed by atoms with Gasteiger partial charge >= 0.3 is 0 Å². The molecule has 1 unspecified atom stereocenters. The molecule has 184 valence electrons. The van der Waals surface area contributed by atoms with Crippen molar-refractivity contribution in [3.8, 4) is 0 Å². The van der Waals surface area contributed by atoms with Crippen LogP contribution in [-0.4, -0.2) is 55.0 Å². The number of amidine groups is 1. The van der Waals surface area contributed by atoms with Crippen molar-refractivity contribution >= 4 is 29.1 Å². The van der Waals surface area contributed by atoms with Crippen LogP contribution < -0.4 is 16.4 Å². The third-order valence-electron chi connectivity index (χ3n) is 5.46. The lowest BCUT2D eigenvalue weighted by molar-refractivity contribution is -0.123. The van der Waals surface area contributed by atoms with Crippen LogP contribution in [0, 0.1) is 5.41 Å². The van der Waals surface area contributed by atoms with Crippen LogP contribution in [0.4, 0.5) is 5.69 Å². The monoisotopic (exact) mass is 459 g/mol. The minimum Gasteiger partial charge on any atom is -0.384 e. The minimum absolute atomic E-state index is 0.0240. The first-order chi connectivity index (χ1) is 15.7. The van der Waals surface area contributed by atoms with Crippen molar-refractivity contribution in [3.63, 3.8) is 0 Å². The number of carbonyl (C=O) groups is 3. The van der Waals surface area contributed by atoms with Gasteiger partial charge in [0.25, 0.3) is 0 Å². The number of nitrogens with one attached hydrogen (secondary N) is 3. The van der Waals surface area contributed by atoms with Gasteiger partial charge in [0.05, 0.1) is 0 Å². The Morgan fingerprint density at radius 3 is 2.21 bits per heavy atom. The number of nitrogens with two attached hydrogens (primary N) is 1. The van der Waals surface area contributed by atoms with Crippen LogP contribution in [0.1, 0.15) is 76.7 Å². The molecule has 0 heterocycles. The van der Waals surface area contributed by atoms with Gasteiger partial charge in [-0.3, -0.25) is 19.8 Å². The first kappa shape index (κ1) is 28.3. The molecule has 8 nitrogen and oxygen atoms in total. The lowest BCUT2D eigenvalue weighted by atomic mass is 10.0. The van der Waals surface area contributed by atoms with Gasteiger partial charge in [-0.1, -0.05) is 19.8 Å². The second-order valence-corrected chi connectivity index (χ2v) is 8.74. The molecule has 1 atom stereocenters. The molecule has 0 aliphatic rings. The first-order valence-corrected chi connectivity index (χ1v) is 11.9. The molecule has 0 spiro atoms. The SMILES string of the molecule is CCC(=O)NC(CCCCCC(=O)CCC(=O)Nc1ccc(C(=N)N)cc1)CCCN(C)C. The molecule has 1 aromatic carbocycles. The summed E-state index contributed by atoms with van der Waals surface area (Å²) in [5.41, 5.74) is 6.63. The normalized spacial score (nSPS) is 11.8. The van der Waals surface area contributed by atoms with Crippen molar-refractivity contribution in [2.45, 2.75) is 77.2 Å². The molecule has 1 rings (SSSR count). The van der Waals surface area contributed by atoms with Crippen molar-refractivity contribution in [1.82, 2.24) is 10.2 Å². The fraction of sp³-hybridized carbons (Fsp3) is 0.600. The molecule has 33 heavy (non-hydrogen) atoms. The summed E-state index contributed by atoms with van der Waals surface area (Å²) in [6.07, 6.45) is 7.02. The third-order valence-corrected chi connectivity index (χ3v) is 5.46. The summed E-state index contributed by atoms with van der Waals surface area (Å²) in [5, 5.41) is 13.2. The molecule has 0 radical (unpaired) electrons. The summed E-state index contributed by atoms with van der Waals surface area (Å²) in [5.74, 6) is -0.0396. The van der Waals surface area contributed by atoms with Crippen molar-refractivity contribution < 1.29 is 14.4 Å². The number of Topliss-reactive ketones (excluding diaryl/α,β-unsaturated/α-hetero) is 1. The lowest BCUT2D eigenvalue weighted by Crippen LogP contribution is -2.34. The van der Waals surface area contributed by atoms with E-state index in [0.29, 0.717) is 24.1 Å². The van der Waals surface area contributed by atoms with E-state index in [1.165, 1.54) is 0 Å². The molecule has 1 aromatic rings. The van der Waals surface area contributed by atoms with E-state index < -0.39 is 0 Å². The highest BCUT2D eigenvalue weighted by Gasteiger charge is 2.12. The Hall–Kier alpha value is -2.74. The van der Waals surface area contributed by atoms with Crippen LogP contribution in [0.25, 0.3) is 0 Å².